The molecule has 3 heteroatoms. The lowest BCUT2D eigenvalue weighted by Gasteiger charge is -2.29. The first kappa shape index (κ1) is 13.9. The van der Waals surface area contributed by atoms with E-state index in [1.165, 1.54) is 12.7 Å². The van der Waals surface area contributed by atoms with Crippen molar-refractivity contribution >= 4 is 5.97 Å². The Kier molecular flexibility index (Phi) is 3.57. The molecule has 0 aromatic heterocycles. The lowest BCUT2D eigenvalue weighted by atomic mass is 9.81. The minimum Gasteiger partial charge on any atom is -0.493 e. The molecule has 1 aromatic rings. The average molecular weight is 262 g/mol. The van der Waals surface area contributed by atoms with Gasteiger partial charge in [0.1, 0.15) is 5.75 Å². The second-order valence-corrected chi connectivity index (χ2v) is 6.10. The Hall–Kier alpha value is -1.51. The van der Waals surface area contributed by atoms with E-state index in [-0.39, 0.29) is 11.4 Å². The fourth-order valence-electron chi connectivity index (χ4n) is 2.58. The van der Waals surface area contributed by atoms with Crippen molar-refractivity contribution in [1.29, 1.82) is 0 Å². The molecule has 0 unspecified atom stereocenters. The van der Waals surface area contributed by atoms with Crippen LogP contribution in [0.1, 0.15) is 54.2 Å². The first-order valence-electron chi connectivity index (χ1n) is 6.74. The van der Waals surface area contributed by atoms with Crippen molar-refractivity contribution in [3.63, 3.8) is 0 Å². The molecule has 0 N–H and O–H groups in total. The van der Waals surface area contributed by atoms with Gasteiger partial charge in [0.15, 0.2) is 0 Å². The predicted molar refractivity (Wildman–Crippen MR) is 75.0 cm³/mol. The van der Waals surface area contributed by atoms with E-state index in [1.807, 2.05) is 13.0 Å². The first-order chi connectivity index (χ1) is 8.86. The highest BCUT2D eigenvalue weighted by molar-refractivity contribution is 5.92. The Bertz CT molecular complexity index is 510. The van der Waals surface area contributed by atoms with Crippen LogP contribution in [0.4, 0.5) is 0 Å². The van der Waals surface area contributed by atoms with Gasteiger partial charge in [-0.15, -0.1) is 0 Å². The Morgan fingerprint density at radius 1 is 1.37 bits per heavy atom. The standard InChI is InChI=1S/C16H22O3/c1-10-11-7-6-8-19-14(11)13(16(2,3)4)9-12(10)15(17)18-5/h9H,6-8H2,1-5H3. The molecular weight excluding hydrogens is 240 g/mol. The van der Waals surface area contributed by atoms with Gasteiger partial charge in [-0.05, 0) is 42.4 Å². The Morgan fingerprint density at radius 2 is 2.05 bits per heavy atom. The third-order valence-electron chi connectivity index (χ3n) is 3.69. The highest BCUT2D eigenvalue weighted by Crippen LogP contribution is 2.40. The van der Waals surface area contributed by atoms with Crippen LogP contribution in [-0.4, -0.2) is 19.7 Å². The van der Waals surface area contributed by atoms with Gasteiger partial charge in [-0.1, -0.05) is 20.8 Å². The van der Waals surface area contributed by atoms with Gasteiger partial charge in [-0.3, -0.25) is 0 Å². The number of carbonyl (C=O) groups excluding carboxylic acids is 1. The van der Waals surface area contributed by atoms with E-state index in [0.717, 1.165) is 36.3 Å². The second-order valence-electron chi connectivity index (χ2n) is 6.10. The maximum absolute atomic E-state index is 11.9. The molecule has 1 heterocycles. The SMILES string of the molecule is COC(=O)c1cc(C(C)(C)C)c2c(c1C)CCCO2. The van der Waals surface area contributed by atoms with Crippen molar-refractivity contribution < 1.29 is 14.3 Å². The number of ether oxygens (including phenoxy) is 2. The minimum absolute atomic E-state index is 0.0576. The van der Waals surface area contributed by atoms with Crippen LogP contribution in [-0.2, 0) is 16.6 Å². The number of benzene rings is 1. The Labute approximate surface area is 114 Å². The van der Waals surface area contributed by atoms with Crippen LogP contribution < -0.4 is 4.74 Å². The van der Waals surface area contributed by atoms with Crippen LogP contribution in [0.25, 0.3) is 0 Å². The number of methoxy groups -OCH3 is 1. The van der Waals surface area contributed by atoms with Crippen LogP contribution in [0.15, 0.2) is 6.07 Å². The van der Waals surface area contributed by atoms with Crippen molar-refractivity contribution in [2.24, 2.45) is 0 Å². The molecule has 3 nitrogen and oxygen atoms in total. The lowest BCUT2D eigenvalue weighted by Crippen LogP contribution is -2.21. The summed E-state index contributed by atoms with van der Waals surface area (Å²) in [5.41, 5.74) is 3.86. The topological polar surface area (TPSA) is 35.5 Å². The summed E-state index contributed by atoms with van der Waals surface area (Å²) in [5.74, 6) is 0.709. The molecule has 0 saturated carbocycles. The summed E-state index contributed by atoms with van der Waals surface area (Å²) in [6.07, 6.45) is 1.97. The molecule has 0 amide bonds. The summed E-state index contributed by atoms with van der Waals surface area (Å²) in [6.45, 7) is 9.14. The smallest absolute Gasteiger partial charge is 0.338 e. The van der Waals surface area contributed by atoms with E-state index in [4.69, 9.17) is 9.47 Å². The van der Waals surface area contributed by atoms with E-state index in [9.17, 15) is 4.79 Å². The quantitative estimate of drug-likeness (QED) is 0.728. The molecule has 1 aliphatic heterocycles. The first-order valence-corrected chi connectivity index (χ1v) is 6.74. The summed E-state index contributed by atoms with van der Waals surface area (Å²) in [7, 11) is 1.43. The molecule has 104 valence electrons. The second kappa shape index (κ2) is 4.87. The van der Waals surface area contributed by atoms with Crippen molar-refractivity contribution in [3.8, 4) is 5.75 Å². The molecule has 0 bridgehead atoms. The zero-order chi connectivity index (χ0) is 14.2. The molecular formula is C16H22O3. The maximum atomic E-state index is 11.9. The fourth-order valence-corrected chi connectivity index (χ4v) is 2.58. The van der Waals surface area contributed by atoms with Gasteiger partial charge in [-0.2, -0.15) is 0 Å². The number of hydrogen-bond acceptors (Lipinski definition) is 3. The van der Waals surface area contributed by atoms with Gasteiger partial charge in [0, 0.05) is 5.56 Å². The lowest BCUT2D eigenvalue weighted by molar-refractivity contribution is 0.0599. The van der Waals surface area contributed by atoms with Crippen molar-refractivity contribution in [3.05, 3.63) is 28.3 Å². The van der Waals surface area contributed by atoms with Crippen LogP contribution in [0.2, 0.25) is 0 Å². The molecule has 0 spiro atoms. The third kappa shape index (κ3) is 2.46. The summed E-state index contributed by atoms with van der Waals surface area (Å²) >= 11 is 0. The van der Waals surface area contributed by atoms with Crippen molar-refractivity contribution in [1.82, 2.24) is 0 Å². The zero-order valence-corrected chi connectivity index (χ0v) is 12.4. The summed E-state index contributed by atoms with van der Waals surface area (Å²) in [6, 6.07) is 1.94. The molecule has 1 aromatic carbocycles. The number of fused-ring (bicyclic) bond motifs is 1. The van der Waals surface area contributed by atoms with E-state index >= 15 is 0 Å². The van der Waals surface area contributed by atoms with E-state index < -0.39 is 0 Å². The van der Waals surface area contributed by atoms with Gasteiger partial charge in [0.25, 0.3) is 0 Å². The Morgan fingerprint density at radius 3 is 2.63 bits per heavy atom. The molecule has 2 rings (SSSR count). The van der Waals surface area contributed by atoms with E-state index in [1.54, 1.807) is 0 Å². The van der Waals surface area contributed by atoms with E-state index in [2.05, 4.69) is 20.8 Å². The van der Waals surface area contributed by atoms with Crippen molar-refractivity contribution in [2.45, 2.75) is 46.0 Å². The van der Waals surface area contributed by atoms with E-state index in [0.29, 0.717) is 5.56 Å². The highest BCUT2D eigenvalue weighted by atomic mass is 16.5. The zero-order valence-electron chi connectivity index (χ0n) is 12.4. The van der Waals surface area contributed by atoms with Crippen LogP contribution in [0.3, 0.4) is 0 Å². The largest absolute Gasteiger partial charge is 0.493 e. The molecule has 0 fully saturated rings. The summed E-state index contributed by atoms with van der Waals surface area (Å²) in [4.78, 5) is 11.9. The fraction of sp³-hybridized carbons (Fsp3) is 0.562. The van der Waals surface area contributed by atoms with Gasteiger partial charge in [0.2, 0.25) is 0 Å². The number of rotatable bonds is 1. The molecule has 0 aliphatic carbocycles. The molecule has 1 aliphatic rings. The van der Waals surface area contributed by atoms with Gasteiger partial charge in [-0.25, -0.2) is 4.79 Å². The monoisotopic (exact) mass is 262 g/mol. The maximum Gasteiger partial charge on any atom is 0.338 e. The summed E-state index contributed by atoms with van der Waals surface area (Å²) in [5, 5.41) is 0. The highest BCUT2D eigenvalue weighted by Gasteiger charge is 2.28. The van der Waals surface area contributed by atoms with Crippen LogP contribution in [0.5, 0.6) is 5.75 Å². The summed E-state index contributed by atoms with van der Waals surface area (Å²) < 4.78 is 10.8. The van der Waals surface area contributed by atoms with Crippen LogP contribution >= 0.6 is 0 Å². The number of hydrogen-bond donors (Lipinski definition) is 0. The number of carbonyl (C=O) groups is 1. The molecule has 0 radical (unpaired) electrons. The normalized spacial score (nSPS) is 14.6. The minimum atomic E-state index is -0.267. The number of esters is 1. The molecule has 0 atom stereocenters. The van der Waals surface area contributed by atoms with Gasteiger partial charge >= 0.3 is 5.97 Å². The van der Waals surface area contributed by atoms with Gasteiger partial charge < -0.3 is 9.47 Å². The third-order valence-corrected chi connectivity index (χ3v) is 3.69. The average Bonchev–Trinajstić information content (AvgIpc) is 2.37. The molecule has 19 heavy (non-hydrogen) atoms. The van der Waals surface area contributed by atoms with Gasteiger partial charge in [0.05, 0.1) is 19.3 Å². The van der Waals surface area contributed by atoms with Crippen molar-refractivity contribution in [2.75, 3.05) is 13.7 Å². The van der Waals surface area contributed by atoms with Crippen LogP contribution in [0, 0.1) is 6.92 Å². The predicted octanol–water partition coefficient (Wildman–Crippen LogP) is 3.40. The Balaban J connectivity index is 2.70. The molecule has 0 saturated heterocycles.